The van der Waals surface area contributed by atoms with Crippen molar-refractivity contribution in [1.82, 2.24) is 0 Å². The van der Waals surface area contributed by atoms with E-state index in [4.69, 9.17) is 5.11 Å². The Morgan fingerprint density at radius 1 is 1.24 bits per heavy atom. The molecular formula is C14H19FO2. The van der Waals surface area contributed by atoms with Gasteiger partial charge in [0.15, 0.2) is 0 Å². The van der Waals surface area contributed by atoms with Crippen molar-refractivity contribution in [2.75, 3.05) is 0 Å². The number of carboxylic acid groups (broad SMARTS) is 1. The number of hydrogen-bond acceptors (Lipinski definition) is 1. The second kappa shape index (κ2) is 4.47. The van der Waals surface area contributed by atoms with Crippen molar-refractivity contribution in [1.29, 1.82) is 0 Å². The van der Waals surface area contributed by atoms with E-state index in [-0.39, 0.29) is 6.42 Å². The van der Waals surface area contributed by atoms with Gasteiger partial charge in [-0.05, 0) is 25.0 Å². The van der Waals surface area contributed by atoms with Crippen molar-refractivity contribution in [3.8, 4) is 0 Å². The summed E-state index contributed by atoms with van der Waals surface area (Å²) in [6.07, 6.45) is 0.0309. The third kappa shape index (κ3) is 3.55. The lowest BCUT2D eigenvalue weighted by Gasteiger charge is -2.25. The van der Waals surface area contributed by atoms with Gasteiger partial charge in [-0.1, -0.05) is 38.1 Å². The highest BCUT2D eigenvalue weighted by molar-refractivity contribution is 5.68. The lowest BCUT2D eigenvalue weighted by atomic mass is 9.80. The Balaban J connectivity index is 3.11. The zero-order chi connectivity index (χ0) is 13.3. The fraction of sp³-hybridized carbons (Fsp3) is 0.500. The number of aliphatic carboxylic acids is 1. The molecule has 0 saturated carbocycles. The summed E-state index contributed by atoms with van der Waals surface area (Å²) in [4.78, 5) is 10.8. The van der Waals surface area contributed by atoms with Gasteiger partial charge < -0.3 is 5.11 Å². The van der Waals surface area contributed by atoms with Gasteiger partial charge in [-0.3, -0.25) is 4.79 Å². The van der Waals surface area contributed by atoms with E-state index >= 15 is 0 Å². The molecule has 0 amide bonds. The quantitative estimate of drug-likeness (QED) is 0.869. The van der Waals surface area contributed by atoms with E-state index in [0.717, 1.165) is 5.56 Å². The molecule has 0 aromatic heterocycles. The first-order valence-electron chi connectivity index (χ1n) is 5.65. The van der Waals surface area contributed by atoms with Gasteiger partial charge in [0.1, 0.15) is 5.67 Å². The van der Waals surface area contributed by atoms with Crippen LogP contribution in [0.15, 0.2) is 24.3 Å². The minimum absolute atomic E-state index is 0.0309. The molecule has 1 aromatic carbocycles. The van der Waals surface area contributed by atoms with E-state index in [9.17, 15) is 9.18 Å². The monoisotopic (exact) mass is 238 g/mol. The number of rotatable bonds is 4. The van der Waals surface area contributed by atoms with Gasteiger partial charge in [0.25, 0.3) is 0 Å². The first-order valence-corrected chi connectivity index (χ1v) is 5.65. The second-order valence-corrected chi connectivity index (χ2v) is 5.51. The molecule has 0 aliphatic rings. The highest BCUT2D eigenvalue weighted by atomic mass is 19.1. The number of halogens is 1. The number of hydrogen-bond donors (Lipinski definition) is 1. The molecule has 0 aliphatic carbocycles. The lowest BCUT2D eigenvalue weighted by molar-refractivity contribution is -0.138. The number of alkyl halides is 1. The SMILES string of the molecule is CC(C)(F)c1cccc(C(C)(C)CC(=O)O)c1. The zero-order valence-electron chi connectivity index (χ0n) is 10.7. The molecule has 1 aromatic rings. The van der Waals surface area contributed by atoms with Crippen LogP contribution in [0.4, 0.5) is 4.39 Å². The molecule has 17 heavy (non-hydrogen) atoms. The van der Waals surface area contributed by atoms with Crippen molar-refractivity contribution >= 4 is 5.97 Å². The van der Waals surface area contributed by atoms with E-state index in [0.29, 0.717) is 5.56 Å². The first kappa shape index (κ1) is 13.7. The van der Waals surface area contributed by atoms with Crippen LogP contribution in [-0.4, -0.2) is 11.1 Å². The summed E-state index contributed by atoms with van der Waals surface area (Å²) < 4.78 is 13.8. The largest absolute Gasteiger partial charge is 0.481 e. The average molecular weight is 238 g/mol. The van der Waals surface area contributed by atoms with Crippen LogP contribution in [0.25, 0.3) is 0 Å². The summed E-state index contributed by atoms with van der Waals surface area (Å²) in [5.41, 5.74) is -0.473. The third-order valence-corrected chi connectivity index (χ3v) is 2.92. The standard InChI is InChI=1S/C14H19FO2/c1-13(2,9-12(16)17)10-6-5-7-11(8-10)14(3,4)15/h5-8H,9H2,1-4H3,(H,16,17). The van der Waals surface area contributed by atoms with Gasteiger partial charge >= 0.3 is 5.97 Å². The molecule has 0 radical (unpaired) electrons. The molecule has 94 valence electrons. The first-order chi connectivity index (χ1) is 7.63. The van der Waals surface area contributed by atoms with Crippen LogP contribution in [0.2, 0.25) is 0 Å². The molecule has 0 saturated heterocycles. The molecule has 0 spiro atoms. The molecule has 0 fully saturated rings. The van der Waals surface area contributed by atoms with Gasteiger partial charge in [-0.15, -0.1) is 0 Å². The van der Waals surface area contributed by atoms with Gasteiger partial charge in [-0.2, -0.15) is 0 Å². The molecule has 0 atom stereocenters. The molecular weight excluding hydrogens is 219 g/mol. The van der Waals surface area contributed by atoms with Crippen LogP contribution in [0.3, 0.4) is 0 Å². The average Bonchev–Trinajstić information content (AvgIpc) is 2.14. The molecule has 2 nitrogen and oxygen atoms in total. The molecule has 0 aliphatic heterocycles. The molecule has 0 bridgehead atoms. The molecule has 1 N–H and O–H groups in total. The Morgan fingerprint density at radius 3 is 2.24 bits per heavy atom. The number of benzene rings is 1. The molecule has 0 unspecified atom stereocenters. The highest BCUT2D eigenvalue weighted by Crippen LogP contribution is 2.31. The van der Waals surface area contributed by atoms with Gasteiger partial charge in [0.2, 0.25) is 0 Å². The summed E-state index contributed by atoms with van der Waals surface area (Å²) in [7, 11) is 0. The van der Waals surface area contributed by atoms with Crippen molar-refractivity contribution < 1.29 is 14.3 Å². The predicted octanol–water partition coefficient (Wildman–Crippen LogP) is 3.64. The molecule has 1 rings (SSSR count). The van der Waals surface area contributed by atoms with E-state index in [1.807, 2.05) is 19.9 Å². The highest BCUT2D eigenvalue weighted by Gasteiger charge is 2.26. The maximum Gasteiger partial charge on any atom is 0.304 e. The van der Waals surface area contributed by atoms with Crippen LogP contribution in [0.1, 0.15) is 45.2 Å². The predicted molar refractivity (Wildman–Crippen MR) is 65.9 cm³/mol. The van der Waals surface area contributed by atoms with Crippen LogP contribution >= 0.6 is 0 Å². The van der Waals surface area contributed by atoms with Gasteiger partial charge in [0, 0.05) is 5.41 Å². The van der Waals surface area contributed by atoms with Crippen LogP contribution in [0, 0.1) is 0 Å². The van der Waals surface area contributed by atoms with Crippen molar-refractivity contribution in [3.63, 3.8) is 0 Å². The zero-order valence-corrected chi connectivity index (χ0v) is 10.7. The Labute approximate surface area is 101 Å². The summed E-state index contributed by atoms with van der Waals surface area (Å²) in [6, 6.07) is 7.09. The lowest BCUT2D eigenvalue weighted by Crippen LogP contribution is -2.22. The number of carboxylic acids is 1. The normalized spacial score (nSPS) is 12.5. The minimum Gasteiger partial charge on any atom is -0.481 e. The van der Waals surface area contributed by atoms with Gasteiger partial charge in [0.05, 0.1) is 6.42 Å². The number of carbonyl (C=O) groups is 1. The molecule has 0 heterocycles. The van der Waals surface area contributed by atoms with E-state index < -0.39 is 17.1 Å². The van der Waals surface area contributed by atoms with E-state index in [2.05, 4.69) is 0 Å². The Kier molecular flexibility index (Phi) is 3.60. The maximum absolute atomic E-state index is 13.8. The van der Waals surface area contributed by atoms with Crippen LogP contribution in [-0.2, 0) is 15.9 Å². The fourth-order valence-corrected chi connectivity index (χ4v) is 1.79. The Hall–Kier alpha value is -1.38. The minimum atomic E-state index is -1.41. The van der Waals surface area contributed by atoms with E-state index in [1.165, 1.54) is 13.8 Å². The van der Waals surface area contributed by atoms with Crippen molar-refractivity contribution in [2.24, 2.45) is 0 Å². The van der Waals surface area contributed by atoms with E-state index in [1.54, 1.807) is 18.2 Å². The summed E-state index contributed by atoms with van der Waals surface area (Å²) in [6.45, 7) is 6.70. The van der Waals surface area contributed by atoms with Crippen LogP contribution < -0.4 is 0 Å². The Bertz CT molecular complexity index is 416. The smallest absolute Gasteiger partial charge is 0.304 e. The summed E-state index contributed by atoms with van der Waals surface area (Å²) in [5.74, 6) is -0.847. The van der Waals surface area contributed by atoms with Crippen molar-refractivity contribution in [3.05, 3.63) is 35.4 Å². The van der Waals surface area contributed by atoms with Crippen LogP contribution in [0.5, 0.6) is 0 Å². The third-order valence-electron chi connectivity index (χ3n) is 2.92. The topological polar surface area (TPSA) is 37.3 Å². The van der Waals surface area contributed by atoms with Crippen molar-refractivity contribution in [2.45, 2.75) is 45.2 Å². The maximum atomic E-state index is 13.8. The second-order valence-electron chi connectivity index (χ2n) is 5.51. The summed E-state index contributed by atoms with van der Waals surface area (Å²) >= 11 is 0. The summed E-state index contributed by atoms with van der Waals surface area (Å²) in [5, 5.41) is 8.87. The Morgan fingerprint density at radius 2 is 1.76 bits per heavy atom. The van der Waals surface area contributed by atoms with Gasteiger partial charge in [-0.25, -0.2) is 4.39 Å². The fourth-order valence-electron chi connectivity index (χ4n) is 1.79. The molecule has 3 heteroatoms.